The second-order valence-corrected chi connectivity index (χ2v) is 8.57. The van der Waals surface area contributed by atoms with Crippen molar-refractivity contribution in [2.45, 2.75) is 57.2 Å². The highest BCUT2D eigenvalue weighted by Crippen LogP contribution is 2.40. The number of likely N-dealkylation sites (tertiary alicyclic amines) is 1. The fourth-order valence-electron chi connectivity index (χ4n) is 5.32. The zero-order valence-electron chi connectivity index (χ0n) is 17.6. The van der Waals surface area contributed by atoms with Gasteiger partial charge in [-0.25, -0.2) is 9.97 Å². The molecular weight excluding hydrogens is 380 g/mol. The Labute approximate surface area is 177 Å². The van der Waals surface area contributed by atoms with Gasteiger partial charge in [-0.05, 0) is 51.1 Å². The second kappa shape index (κ2) is 8.99. The minimum atomic E-state index is 0.0842. The topological polar surface area (TPSA) is 79.5 Å². The van der Waals surface area contributed by atoms with Gasteiger partial charge in [0.25, 0.3) is 0 Å². The Kier molecular flexibility index (Phi) is 5.97. The van der Waals surface area contributed by atoms with E-state index in [0.717, 1.165) is 69.3 Å². The van der Waals surface area contributed by atoms with Crippen molar-refractivity contribution in [3.8, 4) is 11.3 Å². The van der Waals surface area contributed by atoms with Crippen molar-refractivity contribution in [3.05, 3.63) is 24.2 Å². The molecule has 2 aromatic heterocycles. The molecule has 2 aromatic rings. The average Bonchev–Trinajstić information content (AvgIpc) is 3.55. The number of rotatable bonds is 6. The summed E-state index contributed by atoms with van der Waals surface area (Å²) in [6.07, 6.45) is 10.7. The van der Waals surface area contributed by atoms with E-state index in [4.69, 9.17) is 9.72 Å². The first-order valence-electron chi connectivity index (χ1n) is 11.4. The quantitative estimate of drug-likeness (QED) is 0.779. The first-order chi connectivity index (χ1) is 14.8. The van der Waals surface area contributed by atoms with Gasteiger partial charge in [-0.2, -0.15) is 5.10 Å². The highest BCUT2D eigenvalue weighted by atomic mass is 16.5. The molecule has 0 amide bonds. The van der Waals surface area contributed by atoms with E-state index < -0.39 is 0 Å². The molecule has 0 aliphatic carbocycles. The Bertz CT molecular complexity index is 844. The van der Waals surface area contributed by atoms with Gasteiger partial charge in [0.2, 0.25) is 5.95 Å². The maximum atomic E-state index is 9.65. The fraction of sp³-hybridized carbons (Fsp3) is 0.682. The van der Waals surface area contributed by atoms with E-state index in [1.54, 1.807) is 0 Å². The normalized spacial score (nSPS) is 23.5. The van der Waals surface area contributed by atoms with Gasteiger partial charge in [0, 0.05) is 44.1 Å². The summed E-state index contributed by atoms with van der Waals surface area (Å²) in [6.45, 7) is 5.46. The molecule has 5 rings (SSSR count). The third-order valence-electron chi connectivity index (χ3n) is 6.77. The molecule has 0 aromatic carbocycles. The average molecular weight is 413 g/mol. The van der Waals surface area contributed by atoms with Gasteiger partial charge in [-0.3, -0.25) is 9.58 Å². The van der Waals surface area contributed by atoms with Gasteiger partial charge in [-0.15, -0.1) is 0 Å². The molecule has 8 heteroatoms. The lowest BCUT2D eigenvalue weighted by atomic mass is 10.0. The summed E-state index contributed by atoms with van der Waals surface area (Å²) in [6, 6.07) is 2.86. The van der Waals surface area contributed by atoms with E-state index in [2.05, 4.69) is 19.9 Å². The molecule has 162 valence electrons. The smallest absolute Gasteiger partial charge is 0.225 e. The Hall–Kier alpha value is -2.03. The Balaban J connectivity index is 1.50. The van der Waals surface area contributed by atoms with Gasteiger partial charge in [0.15, 0.2) is 0 Å². The lowest BCUT2D eigenvalue weighted by molar-refractivity contribution is 0.0278. The van der Waals surface area contributed by atoms with Crippen LogP contribution in [0.3, 0.4) is 0 Å². The summed E-state index contributed by atoms with van der Waals surface area (Å²) in [5.41, 5.74) is 3.21. The van der Waals surface area contributed by atoms with Crippen molar-refractivity contribution in [3.63, 3.8) is 0 Å². The van der Waals surface area contributed by atoms with Crippen LogP contribution in [0.2, 0.25) is 0 Å². The van der Waals surface area contributed by atoms with Crippen molar-refractivity contribution < 1.29 is 9.84 Å². The molecule has 0 saturated carbocycles. The summed E-state index contributed by atoms with van der Waals surface area (Å²) in [4.78, 5) is 14.4. The molecule has 3 aliphatic rings. The summed E-state index contributed by atoms with van der Waals surface area (Å²) in [5, 5.41) is 14.3. The molecule has 8 nitrogen and oxygen atoms in total. The highest BCUT2D eigenvalue weighted by molar-refractivity contribution is 5.63. The first kappa shape index (κ1) is 19.9. The Morgan fingerprint density at radius 1 is 1.07 bits per heavy atom. The van der Waals surface area contributed by atoms with Crippen LogP contribution in [0.25, 0.3) is 11.3 Å². The molecule has 0 unspecified atom stereocenters. The van der Waals surface area contributed by atoms with Crippen LogP contribution in [0.15, 0.2) is 18.5 Å². The summed E-state index contributed by atoms with van der Waals surface area (Å²) in [7, 11) is 0. The van der Waals surface area contributed by atoms with Gasteiger partial charge in [0.1, 0.15) is 0 Å². The summed E-state index contributed by atoms with van der Waals surface area (Å²) in [5.74, 6) is 0.818. The van der Waals surface area contributed by atoms with Crippen molar-refractivity contribution in [1.29, 1.82) is 0 Å². The number of aromatic nitrogens is 4. The summed E-state index contributed by atoms with van der Waals surface area (Å²) >= 11 is 0. The second-order valence-electron chi connectivity index (χ2n) is 8.57. The number of aliphatic hydroxyl groups is 1. The maximum Gasteiger partial charge on any atom is 0.225 e. The highest BCUT2D eigenvalue weighted by Gasteiger charge is 2.36. The predicted molar refractivity (Wildman–Crippen MR) is 114 cm³/mol. The number of hydrogen-bond acceptors (Lipinski definition) is 7. The van der Waals surface area contributed by atoms with Crippen LogP contribution < -0.4 is 4.90 Å². The van der Waals surface area contributed by atoms with E-state index in [1.165, 1.54) is 25.0 Å². The molecule has 0 radical (unpaired) electrons. The number of nitrogens with zero attached hydrogens (tertiary/aromatic N) is 6. The van der Waals surface area contributed by atoms with Gasteiger partial charge in [-0.1, -0.05) is 0 Å². The van der Waals surface area contributed by atoms with E-state index in [0.29, 0.717) is 18.6 Å². The van der Waals surface area contributed by atoms with Crippen LogP contribution in [0.1, 0.15) is 50.3 Å². The maximum absolute atomic E-state index is 9.65. The lowest BCUT2D eigenvalue weighted by Crippen LogP contribution is -2.39. The SMILES string of the molecule is OCCn1ncc(-c2ccnc(N3CCCC3)n2)c1[C@@H]1CCCN1C1CCOCC1. The molecule has 0 spiro atoms. The van der Waals surface area contributed by atoms with E-state index >= 15 is 0 Å². The van der Waals surface area contributed by atoms with E-state index in [9.17, 15) is 5.11 Å². The third-order valence-corrected chi connectivity index (χ3v) is 6.77. The van der Waals surface area contributed by atoms with E-state index in [-0.39, 0.29) is 6.61 Å². The number of aliphatic hydroxyl groups excluding tert-OH is 1. The predicted octanol–water partition coefficient (Wildman–Crippen LogP) is 2.25. The van der Waals surface area contributed by atoms with Crippen LogP contribution in [-0.2, 0) is 11.3 Å². The van der Waals surface area contributed by atoms with Crippen molar-refractivity contribution >= 4 is 5.95 Å². The van der Waals surface area contributed by atoms with Crippen molar-refractivity contribution in [1.82, 2.24) is 24.6 Å². The minimum absolute atomic E-state index is 0.0842. The largest absolute Gasteiger partial charge is 0.394 e. The minimum Gasteiger partial charge on any atom is -0.394 e. The van der Waals surface area contributed by atoms with E-state index in [1.807, 2.05) is 23.1 Å². The zero-order chi connectivity index (χ0) is 20.3. The van der Waals surface area contributed by atoms with Crippen LogP contribution in [-0.4, -0.2) is 75.3 Å². The molecule has 0 bridgehead atoms. The monoisotopic (exact) mass is 412 g/mol. The van der Waals surface area contributed by atoms with Crippen LogP contribution in [0.5, 0.6) is 0 Å². The molecule has 1 atom stereocenters. The molecule has 5 heterocycles. The third kappa shape index (κ3) is 3.84. The van der Waals surface area contributed by atoms with Crippen LogP contribution >= 0.6 is 0 Å². The molecular formula is C22H32N6O2. The van der Waals surface area contributed by atoms with Crippen LogP contribution in [0.4, 0.5) is 5.95 Å². The number of anilines is 1. The first-order valence-corrected chi connectivity index (χ1v) is 11.4. The van der Waals surface area contributed by atoms with Gasteiger partial charge < -0.3 is 14.7 Å². The Morgan fingerprint density at radius 3 is 2.70 bits per heavy atom. The zero-order valence-corrected chi connectivity index (χ0v) is 17.6. The number of ether oxygens (including phenoxy) is 1. The fourth-order valence-corrected chi connectivity index (χ4v) is 5.32. The van der Waals surface area contributed by atoms with Crippen molar-refractivity contribution in [2.75, 3.05) is 44.4 Å². The standard InChI is InChI=1S/C22H32N6O2/c29-13-12-28-21(20-4-3-11-27(20)17-6-14-30-15-7-17)18(16-24-28)19-5-8-23-22(25-19)26-9-1-2-10-26/h5,8,16-17,20,29H,1-4,6-7,9-15H2/t20-/m0/s1. The molecule has 3 aliphatic heterocycles. The molecule has 1 N–H and O–H groups in total. The summed E-state index contributed by atoms with van der Waals surface area (Å²) < 4.78 is 7.60. The number of hydrogen-bond donors (Lipinski definition) is 1. The van der Waals surface area contributed by atoms with Gasteiger partial charge >= 0.3 is 0 Å². The lowest BCUT2D eigenvalue weighted by Gasteiger charge is -2.36. The molecule has 30 heavy (non-hydrogen) atoms. The Morgan fingerprint density at radius 2 is 1.90 bits per heavy atom. The van der Waals surface area contributed by atoms with Crippen LogP contribution in [0, 0.1) is 0 Å². The molecule has 3 fully saturated rings. The van der Waals surface area contributed by atoms with Gasteiger partial charge in [0.05, 0.1) is 36.8 Å². The molecule has 3 saturated heterocycles. The van der Waals surface area contributed by atoms with Crippen molar-refractivity contribution in [2.24, 2.45) is 0 Å².